The van der Waals surface area contributed by atoms with Gasteiger partial charge in [-0.05, 0) is 12.8 Å². The number of carboxylic acid groups (broad SMARTS) is 1. The van der Waals surface area contributed by atoms with Gasteiger partial charge in [0.25, 0.3) is 0 Å². The summed E-state index contributed by atoms with van der Waals surface area (Å²) in [7, 11) is 0. The van der Waals surface area contributed by atoms with Gasteiger partial charge in [0, 0.05) is 5.75 Å². The van der Waals surface area contributed by atoms with Crippen LogP contribution in [0.3, 0.4) is 0 Å². The molecule has 0 aliphatic heterocycles. The lowest BCUT2D eigenvalue weighted by atomic mass is 9.83. The molecule has 1 atom stereocenters. The van der Waals surface area contributed by atoms with E-state index in [1.807, 2.05) is 0 Å². The highest BCUT2D eigenvalue weighted by molar-refractivity contribution is 7.99. The average molecular weight is 284 g/mol. The predicted molar refractivity (Wildman–Crippen MR) is 73.7 cm³/mol. The molecule has 0 aromatic rings. The van der Waals surface area contributed by atoms with Gasteiger partial charge in [0.05, 0.1) is 17.7 Å². The zero-order valence-electron chi connectivity index (χ0n) is 11.1. The molecule has 1 aliphatic rings. The third kappa shape index (κ3) is 5.11. The summed E-state index contributed by atoms with van der Waals surface area (Å²) in [4.78, 5) is 22.4. The fourth-order valence-corrected chi connectivity index (χ4v) is 2.99. The Hall–Kier alpha value is -1.22. The number of carbonyl (C=O) groups is 2. The topological polar surface area (TPSA) is 90.2 Å². The molecule has 0 saturated heterocycles. The van der Waals surface area contributed by atoms with Gasteiger partial charge in [0.2, 0.25) is 5.91 Å². The first-order valence-electron chi connectivity index (χ1n) is 6.52. The highest BCUT2D eigenvalue weighted by atomic mass is 32.2. The van der Waals surface area contributed by atoms with Crippen molar-refractivity contribution >= 4 is 23.6 Å². The van der Waals surface area contributed by atoms with E-state index in [1.165, 1.54) is 11.8 Å². The second-order valence-corrected chi connectivity index (χ2v) is 6.09. The van der Waals surface area contributed by atoms with E-state index in [-0.39, 0.29) is 11.7 Å². The van der Waals surface area contributed by atoms with Crippen molar-refractivity contribution < 1.29 is 14.7 Å². The number of hydrogen-bond acceptors (Lipinski definition) is 4. The normalized spacial score (nSPS) is 19.2. The van der Waals surface area contributed by atoms with Gasteiger partial charge in [-0.25, -0.2) is 0 Å². The maximum atomic E-state index is 11.8. The molecule has 1 rings (SSSR count). The van der Waals surface area contributed by atoms with Gasteiger partial charge < -0.3 is 10.4 Å². The Morgan fingerprint density at radius 1 is 1.42 bits per heavy atom. The zero-order chi connectivity index (χ0) is 14.3. The summed E-state index contributed by atoms with van der Waals surface area (Å²) in [5.41, 5.74) is -0.700. The van der Waals surface area contributed by atoms with Gasteiger partial charge in [0.1, 0.15) is 5.54 Å². The van der Waals surface area contributed by atoms with Crippen LogP contribution in [0.15, 0.2) is 0 Å². The average Bonchev–Trinajstić information content (AvgIpc) is 2.39. The number of aliphatic carboxylic acids is 1. The molecular formula is C13H20N2O3S. The molecule has 5 nitrogen and oxygen atoms in total. The number of carbonyl (C=O) groups excluding carboxylic acids is 1. The molecule has 0 aromatic carbocycles. The zero-order valence-corrected chi connectivity index (χ0v) is 12.0. The molecule has 6 heteroatoms. The van der Waals surface area contributed by atoms with Crippen LogP contribution in [0.5, 0.6) is 0 Å². The van der Waals surface area contributed by atoms with E-state index in [4.69, 9.17) is 5.11 Å². The van der Waals surface area contributed by atoms with Crippen LogP contribution in [0.2, 0.25) is 0 Å². The maximum Gasteiger partial charge on any atom is 0.307 e. The lowest BCUT2D eigenvalue weighted by Crippen LogP contribution is -2.49. The molecule has 1 aliphatic carbocycles. The molecule has 0 bridgehead atoms. The van der Waals surface area contributed by atoms with E-state index in [0.717, 1.165) is 19.3 Å². The van der Waals surface area contributed by atoms with Gasteiger partial charge >= 0.3 is 5.97 Å². The number of thioether (sulfide) groups is 1. The Morgan fingerprint density at radius 2 is 2.05 bits per heavy atom. The molecule has 19 heavy (non-hydrogen) atoms. The van der Waals surface area contributed by atoms with Crippen molar-refractivity contribution in [2.45, 2.75) is 44.6 Å². The maximum absolute atomic E-state index is 11.8. The van der Waals surface area contributed by atoms with Crippen LogP contribution in [-0.4, -0.2) is 34.0 Å². The van der Waals surface area contributed by atoms with Crippen molar-refractivity contribution in [3.8, 4) is 6.07 Å². The molecule has 1 unspecified atom stereocenters. The van der Waals surface area contributed by atoms with E-state index in [1.54, 1.807) is 6.92 Å². The van der Waals surface area contributed by atoms with Gasteiger partial charge in [0.15, 0.2) is 0 Å². The fraction of sp³-hybridized carbons (Fsp3) is 0.769. The molecule has 1 amide bonds. The quantitative estimate of drug-likeness (QED) is 0.776. The highest BCUT2D eigenvalue weighted by Gasteiger charge is 2.33. The van der Waals surface area contributed by atoms with E-state index >= 15 is 0 Å². The summed E-state index contributed by atoms with van der Waals surface area (Å²) in [5.74, 6) is -0.874. The summed E-state index contributed by atoms with van der Waals surface area (Å²) >= 11 is 1.29. The standard InChI is InChI=1S/C13H20N2O3S/c1-10(12(17)18)7-19-8-11(16)15-13(9-14)5-3-2-4-6-13/h10H,2-8H2,1H3,(H,15,16)(H,17,18). The molecule has 2 N–H and O–H groups in total. The second-order valence-electron chi connectivity index (χ2n) is 5.06. The number of rotatable bonds is 6. The second kappa shape index (κ2) is 7.39. The number of carboxylic acids is 1. The Bertz CT molecular complexity index is 373. The molecular weight excluding hydrogens is 264 g/mol. The van der Waals surface area contributed by atoms with Crippen LogP contribution < -0.4 is 5.32 Å². The lowest BCUT2D eigenvalue weighted by Gasteiger charge is -2.31. The van der Waals surface area contributed by atoms with Gasteiger partial charge in [-0.1, -0.05) is 26.2 Å². The van der Waals surface area contributed by atoms with Crippen LogP contribution in [0, 0.1) is 17.2 Å². The van der Waals surface area contributed by atoms with Crippen molar-refractivity contribution in [1.29, 1.82) is 5.26 Å². The summed E-state index contributed by atoms with van der Waals surface area (Å²) < 4.78 is 0. The van der Waals surface area contributed by atoms with Crippen LogP contribution in [0.1, 0.15) is 39.0 Å². The minimum absolute atomic E-state index is 0.175. The SMILES string of the molecule is CC(CSCC(=O)NC1(C#N)CCCCC1)C(=O)O. The van der Waals surface area contributed by atoms with Crippen LogP contribution >= 0.6 is 11.8 Å². The smallest absolute Gasteiger partial charge is 0.307 e. The van der Waals surface area contributed by atoms with Crippen LogP contribution in [0.4, 0.5) is 0 Å². The Kier molecular flexibility index (Phi) is 6.16. The Balaban J connectivity index is 2.34. The van der Waals surface area contributed by atoms with Gasteiger partial charge in [-0.15, -0.1) is 0 Å². The number of nitrogens with one attached hydrogen (secondary N) is 1. The van der Waals surface area contributed by atoms with Crippen molar-refractivity contribution in [3.63, 3.8) is 0 Å². The monoisotopic (exact) mass is 284 g/mol. The number of hydrogen-bond donors (Lipinski definition) is 2. The Morgan fingerprint density at radius 3 is 2.58 bits per heavy atom. The molecule has 1 fully saturated rings. The lowest BCUT2D eigenvalue weighted by molar-refractivity contribution is -0.140. The van der Waals surface area contributed by atoms with Crippen molar-refractivity contribution in [3.05, 3.63) is 0 Å². The summed E-state index contributed by atoms with van der Waals surface area (Å²) in [6, 6.07) is 2.23. The largest absolute Gasteiger partial charge is 0.481 e. The van der Waals surface area contributed by atoms with E-state index < -0.39 is 17.4 Å². The third-order valence-corrected chi connectivity index (χ3v) is 4.52. The molecule has 0 spiro atoms. The number of amides is 1. The van der Waals surface area contributed by atoms with Crippen LogP contribution in [0.25, 0.3) is 0 Å². The summed E-state index contributed by atoms with van der Waals surface area (Å²) in [6.07, 6.45) is 4.48. The molecule has 0 aromatic heterocycles. The summed E-state index contributed by atoms with van der Waals surface area (Å²) in [6.45, 7) is 1.62. The minimum atomic E-state index is -0.853. The number of nitriles is 1. The van der Waals surface area contributed by atoms with Gasteiger partial charge in [-0.2, -0.15) is 17.0 Å². The number of nitrogens with zero attached hydrogens (tertiary/aromatic N) is 1. The Labute approximate surface area is 117 Å². The first kappa shape index (κ1) is 15.8. The van der Waals surface area contributed by atoms with E-state index in [0.29, 0.717) is 18.6 Å². The van der Waals surface area contributed by atoms with Crippen molar-refractivity contribution in [2.24, 2.45) is 5.92 Å². The van der Waals surface area contributed by atoms with Crippen molar-refractivity contribution in [1.82, 2.24) is 5.32 Å². The van der Waals surface area contributed by atoms with Crippen molar-refractivity contribution in [2.75, 3.05) is 11.5 Å². The first-order valence-corrected chi connectivity index (χ1v) is 7.67. The highest BCUT2D eigenvalue weighted by Crippen LogP contribution is 2.27. The van der Waals surface area contributed by atoms with E-state index in [2.05, 4.69) is 11.4 Å². The first-order chi connectivity index (χ1) is 8.99. The van der Waals surface area contributed by atoms with Crippen LogP contribution in [-0.2, 0) is 9.59 Å². The van der Waals surface area contributed by atoms with Gasteiger partial charge in [-0.3, -0.25) is 9.59 Å². The molecule has 0 radical (unpaired) electrons. The molecule has 106 valence electrons. The fourth-order valence-electron chi connectivity index (χ4n) is 2.12. The van der Waals surface area contributed by atoms with E-state index in [9.17, 15) is 14.9 Å². The minimum Gasteiger partial charge on any atom is -0.481 e. The third-order valence-electron chi connectivity index (χ3n) is 3.32. The molecule has 0 heterocycles. The summed E-state index contributed by atoms with van der Waals surface area (Å²) in [5, 5.41) is 20.8. The molecule has 1 saturated carbocycles. The predicted octanol–water partition coefficient (Wildman–Crippen LogP) is 1.78.